The zero-order valence-electron chi connectivity index (χ0n) is 11.5. The van der Waals surface area contributed by atoms with Crippen LogP contribution >= 0.6 is 0 Å². The van der Waals surface area contributed by atoms with Gasteiger partial charge in [-0.15, -0.1) is 0 Å². The number of hydrogen-bond donors (Lipinski definition) is 2. The van der Waals surface area contributed by atoms with Gasteiger partial charge in [-0.05, 0) is 25.7 Å². The highest BCUT2D eigenvalue weighted by molar-refractivity contribution is 5.83. The molecule has 0 aromatic carbocycles. The SMILES string of the molecule is CC(=O)NCCNC(=O)C(c1cccnc1)N(C)C. The lowest BCUT2D eigenvalue weighted by Gasteiger charge is -2.23. The Kier molecular flexibility index (Phi) is 5.95. The van der Waals surface area contributed by atoms with E-state index in [1.807, 2.05) is 25.1 Å². The van der Waals surface area contributed by atoms with E-state index in [2.05, 4.69) is 15.6 Å². The van der Waals surface area contributed by atoms with Crippen LogP contribution in [-0.4, -0.2) is 48.9 Å². The molecule has 2 N–H and O–H groups in total. The van der Waals surface area contributed by atoms with Crippen molar-refractivity contribution in [1.29, 1.82) is 0 Å². The van der Waals surface area contributed by atoms with Gasteiger partial charge >= 0.3 is 0 Å². The fourth-order valence-electron chi connectivity index (χ4n) is 1.74. The average molecular weight is 264 g/mol. The van der Waals surface area contributed by atoms with Crippen molar-refractivity contribution in [2.24, 2.45) is 0 Å². The Bertz CT molecular complexity index is 420. The summed E-state index contributed by atoms with van der Waals surface area (Å²) < 4.78 is 0. The van der Waals surface area contributed by atoms with Crippen LogP contribution in [0.4, 0.5) is 0 Å². The van der Waals surface area contributed by atoms with Crippen LogP contribution in [0.25, 0.3) is 0 Å². The summed E-state index contributed by atoms with van der Waals surface area (Å²) in [5, 5.41) is 5.42. The molecule has 2 amide bonds. The monoisotopic (exact) mass is 264 g/mol. The number of carbonyl (C=O) groups excluding carboxylic acids is 2. The van der Waals surface area contributed by atoms with Gasteiger partial charge in [0.25, 0.3) is 0 Å². The van der Waals surface area contributed by atoms with E-state index in [9.17, 15) is 9.59 Å². The molecular formula is C13H20N4O2. The van der Waals surface area contributed by atoms with Crippen molar-refractivity contribution in [2.45, 2.75) is 13.0 Å². The number of aromatic nitrogens is 1. The Labute approximate surface area is 113 Å². The number of amides is 2. The maximum absolute atomic E-state index is 12.1. The molecule has 0 saturated carbocycles. The molecule has 0 aliphatic heterocycles. The summed E-state index contributed by atoms with van der Waals surface area (Å²) in [5.74, 6) is -0.214. The molecule has 1 unspecified atom stereocenters. The van der Waals surface area contributed by atoms with Crippen LogP contribution in [0.2, 0.25) is 0 Å². The summed E-state index contributed by atoms with van der Waals surface area (Å²) in [6.45, 7) is 2.28. The van der Waals surface area contributed by atoms with Crippen molar-refractivity contribution in [3.63, 3.8) is 0 Å². The van der Waals surface area contributed by atoms with Gasteiger partial charge in [-0.3, -0.25) is 19.5 Å². The van der Waals surface area contributed by atoms with E-state index in [-0.39, 0.29) is 17.9 Å². The van der Waals surface area contributed by atoms with Gasteiger partial charge in [0.2, 0.25) is 11.8 Å². The topological polar surface area (TPSA) is 74.3 Å². The van der Waals surface area contributed by atoms with E-state index >= 15 is 0 Å². The second kappa shape index (κ2) is 7.48. The number of rotatable bonds is 6. The molecule has 1 aromatic rings. The van der Waals surface area contributed by atoms with E-state index in [0.29, 0.717) is 13.1 Å². The molecule has 0 aliphatic rings. The van der Waals surface area contributed by atoms with Crippen molar-refractivity contribution in [1.82, 2.24) is 20.5 Å². The molecule has 1 heterocycles. The third-order valence-electron chi connectivity index (χ3n) is 2.56. The molecule has 0 radical (unpaired) electrons. The molecule has 1 rings (SSSR count). The molecule has 0 aliphatic carbocycles. The van der Waals surface area contributed by atoms with Crippen LogP contribution in [0.3, 0.4) is 0 Å². The molecule has 6 nitrogen and oxygen atoms in total. The van der Waals surface area contributed by atoms with Gasteiger partial charge in [0.15, 0.2) is 0 Å². The van der Waals surface area contributed by atoms with Crippen molar-refractivity contribution in [3.05, 3.63) is 30.1 Å². The number of nitrogens with one attached hydrogen (secondary N) is 2. The van der Waals surface area contributed by atoms with Gasteiger partial charge in [-0.1, -0.05) is 6.07 Å². The van der Waals surface area contributed by atoms with E-state index in [1.165, 1.54) is 6.92 Å². The van der Waals surface area contributed by atoms with Gasteiger partial charge < -0.3 is 10.6 Å². The minimum Gasteiger partial charge on any atom is -0.355 e. The van der Waals surface area contributed by atoms with Crippen molar-refractivity contribution in [2.75, 3.05) is 27.2 Å². The first kappa shape index (κ1) is 15.1. The molecule has 104 valence electrons. The highest BCUT2D eigenvalue weighted by Crippen LogP contribution is 2.16. The lowest BCUT2D eigenvalue weighted by Crippen LogP contribution is -2.40. The standard InChI is InChI=1S/C13H20N4O2/c1-10(18)15-7-8-16-13(19)12(17(2)3)11-5-4-6-14-9-11/h4-6,9,12H,7-8H2,1-3H3,(H,15,18)(H,16,19). The van der Waals surface area contributed by atoms with E-state index in [0.717, 1.165) is 5.56 Å². The van der Waals surface area contributed by atoms with Gasteiger partial charge in [0.1, 0.15) is 6.04 Å². The summed E-state index contributed by atoms with van der Waals surface area (Å²) in [6.07, 6.45) is 3.35. The minimum absolute atomic E-state index is 0.106. The quantitative estimate of drug-likeness (QED) is 0.706. The Morgan fingerprint density at radius 2 is 2.00 bits per heavy atom. The number of carbonyl (C=O) groups is 2. The van der Waals surface area contributed by atoms with Crippen LogP contribution < -0.4 is 10.6 Å². The molecule has 0 fully saturated rings. The average Bonchev–Trinajstić information content (AvgIpc) is 2.35. The summed E-state index contributed by atoms with van der Waals surface area (Å²) in [5.41, 5.74) is 0.838. The molecular weight excluding hydrogens is 244 g/mol. The Morgan fingerprint density at radius 3 is 2.53 bits per heavy atom. The third kappa shape index (κ3) is 5.05. The zero-order chi connectivity index (χ0) is 14.3. The normalized spacial score (nSPS) is 12.0. The summed E-state index contributed by atoms with van der Waals surface area (Å²) in [7, 11) is 3.68. The van der Waals surface area contributed by atoms with Crippen molar-refractivity contribution in [3.8, 4) is 0 Å². The Balaban J connectivity index is 2.57. The highest BCUT2D eigenvalue weighted by atomic mass is 16.2. The fourth-order valence-corrected chi connectivity index (χ4v) is 1.74. The van der Waals surface area contributed by atoms with Crippen molar-refractivity contribution < 1.29 is 9.59 Å². The highest BCUT2D eigenvalue weighted by Gasteiger charge is 2.22. The predicted octanol–water partition coefficient (Wildman–Crippen LogP) is -0.0634. The van der Waals surface area contributed by atoms with Crippen LogP contribution in [-0.2, 0) is 9.59 Å². The molecule has 1 atom stereocenters. The molecule has 0 saturated heterocycles. The molecule has 6 heteroatoms. The largest absolute Gasteiger partial charge is 0.355 e. The smallest absolute Gasteiger partial charge is 0.242 e. The molecule has 0 spiro atoms. The summed E-state index contributed by atoms with van der Waals surface area (Å²) in [4.78, 5) is 28.7. The molecule has 19 heavy (non-hydrogen) atoms. The van der Waals surface area contributed by atoms with E-state index < -0.39 is 0 Å². The van der Waals surface area contributed by atoms with E-state index in [4.69, 9.17) is 0 Å². The van der Waals surface area contributed by atoms with Gasteiger partial charge in [-0.25, -0.2) is 0 Å². The second-order valence-corrected chi connectivity index (χ2v) is 4.43. The maximum atomic E-state index is 12.1. The van der Waals surface area contributed by atoms with Crippen LogP contribution in [0, 0.1) is 0 Å². The van der Waals surface area contributed by atoms with Gasteiger partial charge in [0, 0.05) is 32.4 Å². The van der Waals surface area contributed by atoms with Gasteiger partial charge in [0.05, 0.1) is 0 Å². The zero-order valence-corrected chi connectivity index (χ0v) is 11.5. The van der Waals surface area contributed by atoms with Gasteiger partial charge in [-0.2, -0.15) is 0 Å². The Hall–Kier alpha value is -1.95. The molecule has 1 aromatic heterocycles. The second-order valence-electron chi connectivity index (χ2n) is 4.43. The fraction of sp³-hybridized carbons (Fsp3) is 0.462. The minimum atomic E-state index is -0.383. The first-order valence-electron chi connectivity index (χ1n) is 6.11. The molecule has 0 bridgehead atoms. The number of pyridine rings is 1. The van der Waals surface area contributed by atoms with Crippen molar-refractivity contribution >= 4 is 11.8 Å². The number of nitrogens with zero attached hydrogens (tertiary/aromatic N) is 2. The first-order valence-corrected chi connectivity index (χ1v) is 6.11. The summed E-state index contributed by atoms with van der Waals surface area (Å²) >= 11 is 0. The maximum Gasteiger partial charge on any atom is 0.242 e. The number of likely N-dealkylation sites (N-methyl/N-ethyl adjacent to an activating group) is 1. The Morgan fingerprint density at radius 1 is 1.32 bits per heavy atom. The number of hydrogen-bond acceptors (Lipinski definition) is 4. The van der Waals surface area contributed by atoms with E-state index in [1.54, 1.807) is 18.5 Å². The third-order valence-corrected chi connectivity index (χ3v) is 2.56. The predicted molar refractivity (Wildman–Crippen MR) is 72.4 cm³/mol. The van der Waals surface area contributed by atoms with Crippen LogP contribution in [0.1, 0.15) is 18.5 Å². The van der Waals surface area contributed by atoms with Crippen LogP contribution in [0.5, 0.6) is 0 Å². The van der Waals surface area contributed by atoms with Crippen LogP contribution in [0.15, 0.2) is 24.5 Å². The summed E-state index contributed by atoms with van der Waals surface area (Å²) in [6, 6.07) is 3.28. The lowest BCUT2D eigenvalue weighted by molar-refractivity contribution is -0.126. The lowest BCUT2D eigenvalue weighted by atomic mass is 10.1. The first-order chi connectivity index (χ1) is 9.02.